The Kier molecular flexibility index (Phi) is 4.69. The number of hydrogen-bond acceptors (Lipinski definition) is 6. The number of para-hydroxylation sites is 1. The van der Waals surface area contributed by atoms with E-state index in [4.69, 9.17) is 0 Å². The summed E-state index contributed by atoms with van der Waals surface area (Å²) < 4.78 is 1.65. The van der Waals surface area contributed by atoms with E-state index in [2.05, 4.69) is 27.5 Å². The second kappa shape index (κ2) is 6.89. The fraction of sp³-hybridized carbons (Fsp3) is 0.429. The van der Waals surface area contributed by atoms with Crippen LogP contribution < -0.4 is 0 Å². The van der Waals surface area contributed by atoms with Gasteiger partial charge in [0.05, 0.1) is 11.4 Å². The number of thioether (sulfide) groups is 1. The molecule has 0 N–H and O–H groups in total. The summed E-state index contributed by atoms with van der Waals surface area (Å²) in [5.74, 6) is 0.498. The molecule has 1 amide bonds. The molecule has 0 spiro atoms. The fourth-order valence-corrected chi connectivity index (χ4v) is 3.07. The molecule has 0 radical (unpaired) electrons. The van der Waals surface area contributed by atoms with Crippen LogP contribution in [0.25, 0.3) is 5.69 Å². The average molecular weight is 318 g/mol. The molecule has 0 bridgehead atoms. The highest BCUT2D eigenvalue weighted by Crippen LogP contribution is 2.18. The van der Waals surface area contributed by atoms with Crippen LogP contribution in [0, 0.1) is 0 Å². The fourth-order valence-electron chi connectivity index (χ4n) is 2.27. The minimum absolute atomic E-state index is 0.140. The zero-order chi connectivity index (χ0) is 15.4. The Morgan fingerprint density at radius 3 is 2.64 bits per heavy atom. The summed E-state index contributed by atoms with van der Waals surface area (Å²) in [6.07, 6.45) is 0. The lowest BCUT2D eigenvalue weighted by molar-refractivity contribution is -0.129. The van der Waals surface area contributed by atoms with Gasteiger partial charge in [-0.1, -0.05) is 30.0 Å². The van der Waals surface area contributed by atoms with E-state index in [-0.39, 0.29) is 5.91 Å². The lowest BCUT2D eigenvalue weighted by Gasteiger charge is -2.32. The molecule has 0 unspecified atom stereocenters. The van der Waals surface area contributed by atoms with Crippen LogP contribution in [0.2, 0.25) is 0 Å². The largest absolute Gasteiger partial charge is 0.339 e. The first-order chi connectivity index (χ1) is 10.7. The number of nitrogens with zero attached hydrogens (tertiary/aromatic N) is 6. The monoisotopic (exact) mass is 318 g/mol. The molecule has 1 saturated heterocycles. The summed E-state index contributed by atoms with van der Waals surface area (Å²) in [5, 5.41) is 12.3. The van der Waals surface area contributed by atoms with Crippen molar-refractivity contribution in [2.75, 3.05) is 39.0 Å². The molecule has 0 atom stereocenters. The lowest BCUT2D eigenvalue weighted by atomic mass is 10.3. The van der Waals surface area contributed by atoms with Crippen molar-refractivity contribution in [1.82, 2.24) is 30.0 Å². The van der Waals surface area contributed by atoms with Crippen molar-refractivity contribution < 1.29 is 4.79 Å². The van der Waals surface area contributed by atoms with Crippen LogP contribution in [0.15, 0.2) is 35.5 Å². The SMILES string of the molecule is CN1CCN(C(=O)CSc2nnnn2-c2ccccc2)CC1. The molecule has 1 aliphatic rings. The zero-order valence-corrected chi connectivity index (χ0v) is 13.2. The third kappa shape index (κ3) is 3.45. The van der Waals surface area contributed by atoms with Gasteiger partial charge in [0.1, 0.15) is 0 Å². The maximum Gasteiger partial charge on any atom is 0.233 e. The second-order valence-corrected chi connectivity index (χ2v) is 6.12. The van der Waals surface area contributed by atoms with E-state index in [1.807, 2.05) is 35.2 Å². The van der Waals surface area contributed by atoms with Crippen molar-refractivity contribution in [3.63, 3.8) is 0 Å². The number of carbonyl (C=O) groups is 1. The smallest absolute Gasteiger partial charge is 0.233 e. The van der Waals surface area contributed by atoms with Gasteiger partial charge in [0, 0.05) is 26.2 Å². The third-order valence-electron chi connectivity index (χ3n) is 3.62. The Balaban J connectivity index is 1.61. The number of hydrogen-bond donors (Lipinski definition) is 0. The van der Waals surface area contributed by atoms with Crippen LogP contribution in [0.3, 0.4) is 0 Å². The van der Waals surface area contributed by atoms with Crippen molar-refractivity contribution in [1.29, 1.82) is 0 Å². The van der Waals surface area contributed by atoms with Crippen molar-refractivity contribution in [2.24, 2.45) is 0 Å². The van der Waals surface area contributed by atoms with Crippen LogP contribution in [-0.2, 0) is 4.79 Å². The summed E-state index contributed by atoms with van der Waals surface area (Å²) >= 11 is 1.37. The minimum atomic E-state index is 0.140. The van der Waals surface area contributed by atoms with Gasteiger partial charge < -0.3 is 9.80 Å². The number of aromatic nitrogens is 4. The minimum Gasteiger partial charge on any atom is -0.339 e. The first-order valence-corrected chi connectivity index (χ1v) is 8.15. The molecule has 1 aliphatic heterocycles. The Labute approximate surface area is 133 Å². The second-order valence-electron chi connectivity index (χ2n) is 5.18. The maximum atomic E-state index is 12.3. The number of likely N-dealkylation sites (N-methyl/N-ethyl adjacent to an activating group) is 1. The predicted molar refractivity (Wildman–Crippen MR) is 84.0 cm³/mol. The highest BCUT2D eigenvalue weighted by molar-refractivity contribution is 7.99. The van der Waals surface area contributed by atoms with Crippen molar-refractivity contribution in [3.8, 4) is 5.69 Å². The van der Waals surface area contributed by atoms with Gasteiger partial charge in [-0.3, -0.25) is 4.79 Å². The molecule has 0 saturated carbocycles. The van der Waals surface area contributed by atoms with Gasteiger partial charge >= 0.3 is 0 Å². The van der Waals surface area contributed by atoms with Crippen LogP contribution in [0.1, 0.15) is 0 Å². The van der Waals surface area contributed by atoms with E-state index in [9.17, 15) is 4.79 Å². The molecule has 2 heterocycles. The van der Waals surface area contributed by atoms with E-state index >= 15 is 0 Å². The molecule has 2 aromatic rings. The molecule has 1 fully saturated rings. The topological polar surface area (TPSA) is 67.2 Å². The summed E-state index contributed by atoms with van der Waals surface area (Å²) in [4.78, 5) is 16.4. The highest BCUT2D eigenvalue weighted by atomic mass is 32.2. The standard InChI is InChI=1S/C14H18N6OS/c1-18-7-9-19(10-8-18)13(21)11-22-14-15-16-17-20(14)12-5-3-2-4-6-12/h2-6H,7-11H2,1H3. The Bertz CT molecular complexity index is 623. The quantitative estimate of drug-likeness (QED) is 0.766. The molecular formula is C14H18N6OS. The number of rotatable bonds is 4. The first kappa shape index (κ1) is 15.0. The summed E-state index contributed by atoms with van der Waals surface area (Å²) in [6, 6.07) is 9.67. The van der Waals surface area contributed by atoms with Gasteiger partial charge in [0.25, 0.3) is 0 Å². The van der Waals surface area contributed by atoms with Crippen LogP contribution in [-0.4, -0.2) is 74.9 Å². The van der Waals surface area contributed by atoms with Crippen molar-refractivity contribution >= 4 is 17.7 Å². The molecular weight excluding hydrogens is 300 g/mol. The Morgan fingerprint density at radius 1 is 1.18 bits per heavy atom. The van der Waals surface area contributed by atoms with E-state index in [1.54, 1.807) is 4.68 Å². The number of amides is 1. The molecule has 8 heteroatoms. The van der Waals surface area contributed by atoms with Gasteiger partial charge in [-0.15, -0.1) is 5.10 Å². The normalized spacial score (nSPS) is 16.0. The van der Waals surface area contributed by atoms with Crippen LogP contribution in [0.4, 0.5) is 0 Å². The van der Waals surface area contributed by atoms with Gasteiger partial charge in [-0.25, -0.2) is 0 Å². The summed E-state index contributed by atoms with van der Waals surface area (Å²) in [6.45, 7) is 3.44. The highest BCUT2D eigenvalue weighted by Gasteiger charge is 2.20. The third-order valence-corrected chi connectivity index (χ3v) is 4.53. The maximum absolute atomic E-state index is 12.3. The molecule has 0 aliphatic carbocycles. The van der Waals surface area contributed by atoms with Crippen LogP contribution in [0.5, 0.6) is 0 Å². The van der Waals surface area contributed by atoms with Gasteiger partial charge in [0.15, 0.2) is 0 Å². The Morgan fingerprint density at radius 2 is 1.91 bits per heavy atom. The number of carbonyl (C=O) groups excluding carboxylic acids is 1. The molecule has 22 heavy (non-hydrogen) atoms. The summed E-state index contributed by atoms with van der Waals surface area (Å²) in [7, 11) is 2.07. The van der Waals surface area contributed by atoms with Gasteiger partial charge in [-0.05, 0) is 29.6 Å². The number of piperazine rings is 1. The average Bonchev–Trinajstić information content (AvgIpc) is 3.02. The first-order valence-electron chi connectivity index (χ1n) is 7.17. The Hall–Kier alpha value is -1.93. The number of benzene rings is 1. The van der Waals surface area contributed by atoms with E-state index < -0.39 is 0 Å². The van der Waals surface area contributed by atoms with E-state index in [0.29, 0.717) is 10.9 Å². The molecule has 1 aromatic heterocycles. The van der Waals surface area contributed by atoms with Crippen molar-refractivity contribution in [2.45, 2.75) is 5.16 Å². The van der Waals surface area contributed by atoms with Crippen LogP contribution >= 0.6 is 11.8 Å². The van der Waals surface area contributed by atoms with E-state index in [0.717, 1.165) is 31.9 Å². The van der Waals surface area contributed by atoms with Crippen molar-refractivity contribution in [3.05, 3.63) is 30.3 Å². The molecule has 116 valence electrons. The zero-order valence-electron chi connectivity index (χ0n) is 12.4. The predicted octanol–water partition coefficient (Wildman–Crippen LogP) is 0.528. The lowest BCUT2D eigenvalue weighted by Crippen LogP contribution is -2.47. The number of tetrazole rings is 1. The van der Waals surface area contributed by atoms with Gasteiger partial charge in [-0.2, -0.15) is 4.68 Å². The molecule has 3 rings (SSSR count). The van der Waals surface area contributed by atoms with Gasteiger partial charge in [0.2, 0.25) is 11.1 Å². The molecule has 1 aromatic carbocycles. The molecule has 7 nitrogen and oxygen atoms in total. The van der Waals surface area contributed by atoms with E-state index in [1.165, 1.54) is 11.8 Å². The summed E-state index contributed by atoms with van der Waals surface area (Å²) in [5.41, 5.74) is 0.891.